The summed E-state index contributed by atoms with van der Waals surface area (Å²) in [6, 6.07) is 0. The van der Waals surface area contributed by atoms with Crippen LogP contribution in [0.25, 0.3) is 0 Å². The van der Waals surface area contributed by atoms with Crippen molar-refractivity contribution in [3.63, 3.8) is 0 Å². The summed E-state index contributed by atoms with van der Waals surface area (Å²) in [6.45, 7) is 12.7. The zero-order chi connectivity index (χ0) is 16.8. The van der Waals surface area contributed by atoms with Crippen LogP contribution in [-0.4, -0.2) is 45.2 Å². The first-order valence-electron chi connectivity index (χ1n) is 8.63. The molecule has 0 saturated heterocycles. The fraction of sp³-hybridized carbons (Fsp3) is 0.941. The summed E-state index contributed by atoms with van der Waals surface area (Å²) < 4.78 is 16.3. The van der Waals surface area contributed by atoms with Gasteiger partial charge in [0, 0.05) is 25.2 Å². The Morgan fingerprint density at radius 1 is 1.05 bits per heavy atom. The molecule has 0 rings (SSSR count). The lowest BCUT2D eigenvalue weighted by Crippen LogP contribution is -2.40. The molecule has 1 amide bonds. The van der Waals surface area contributed by atoms with Gasteiger partial charge < -0.3 is 19.5 Å². The molecule has 1 N–H and O–H groups in total. The van der Waals surface area contributed by atoms with Gasteiger partial charge in [-0.15, -0.1) is 0 Å². The second-order valence-electron chi connectivity index (χ2n) is 5.73. The van der Waals surface area contributed by atoms with E-state index in [2.05, 4.69) is 26.1 Å². The maximum atomic E-state index is 12.3. The van der Waals surface area contributed by atoms with Crippen molar-refractivity contribution in [3.05, 3.63) is 0 Å². The predicted octanol–water partition coefficient (Wildman–Crippen LogP) is 3.12. The molecule has 0 radical (unpaired) electrons. The van der Waals surface area contributed by atoms with Gasteiger partial charge in [0.2, 0.25) is 5.91 Å². The third kappa shape index (κ3) is 8.71. The van der Waals surface area contributed by atoms with Gasteiger partial charge in [0.1, 0.15) is 0 Å². The van der Waals surface area contributed by atoms with Crippen LogP contribution in [0, 0.1) is 5.41 Å². The van der Waals surface area contributed by atoms with Crippen molar-refractivity contribution in [2.45, 2.75) is 66.6 Å². The van der Waals surface area contributed by atoms with E-state index in [1.54, 1.807) is 0 Å². The van der Waals surface area contributed by atoms with Crippen molar-refractivity contribution in [1.29, 1.82) is 0 Å². The van der Waals surface area contributed by atoms with Gasteiger partial charge in [-0.3, -0.25) is 4.79 Å². The lowest BCUT2D eigenvalue weighted by atomic mass is 9.80. The second kappa shape index (κ2) is 12.9. The van der Waals surface area contributed by atoms with Crippen molar-refractivity contribution in [2.75, 3.05) is 33.0 Å². The van der Waals surface area contributed by atoms with Crippen molar-refractivity contribution < 1.29 is 19.0 Å². The fourth-order valence-electron chi connectivity index (χ4n) is 2.60. The van der Waals surface area contributed by atoms with Crippen LogP contribution in [0.5, 0.6) is 0 Å². The summed E-state index contributed by atoms with van der Waals surface area (Å²) in [6.07, 6.45) is 3.56. The van der Waals surface area contributed by atoms with Crippen LogP contribution in [0.3, 0.4) is 0 Å². The lowest BCUT2D eigenvalue weighted by molar-refractivity contribution is -0.167. The highest BCUT2D eigenvalue weighted by molar-refractivity contribution is 5.82. The van der Waals surface area contributed by atoms with Crippen molar-refractivity contribution in [3.8, 4) is 0 Å². The average molecular weight is 317 g/mol. The fourth-order valence-corrected chi connectivity index (χ4v) is 2.60. The number of carbonyl (C=O) groups is 1. The molecule has 0 aromatic rings. The Labute approximate surface area is 136 Å². The summed E-state index contributed by atoms with van der Waals surface area (Å²) in [5, 5.41) is 2.99. The molecular formula is C17H35NO4. The minimum atomic E-state index is -0.323. The highest BCUT2D eigenvalue weighted by Gasteiger charge is 2.30. The van der Waals surface area contributed by atoms with E-state index in [0.717, 1.165) is 25.7 Å². The van der Waals surface area contributed by atoms with Crippen molar-refractivity contribution in [1.82, 2.24) is 5.32 Å². The molecule has 132 valence electrons. The SMILES string of the molecule is CCCC(C)(CCC)C(=O)NCCOCC(OCC)OCC. The van der Waals surface area contributed by atoms with E-state index < -0.39 is 0 Å². The van der Waals surface area contributed by atoms with E-state index in [1.165, 1.54) is 0 Å². The van der Waals surface area contributed by atoms with E-state index in [0.29, 0.717) is 33.0 Å². The van der Waals surface area contributed by atoms with E-state index in [4.69, 9.17) is 14.2 Å². The normalized spacial score (nSPS) is 11.9. The number of hydrogen-bond acceptors (Lipinski definition) is 4. The van der Waals surface area contributed by atoms with E-state index >= 15 is 0 Å². The summed E-state index contributed by atoms with van der Waals surface area (Å²) in [4.78, 5) is 12.3. The van der Waals surface area contributed by atoms with E-state index in [-0.39, 0.29) is 17.6 Å². The second-order valence-corrected chi connectivity index (χ2v) is 5.73. The number of carbonyl (C=O) groups excluding carboxylic acids is 1. The van der Waals surface area contributed by atoms with Crippen LogP contribution < -0.4 is 5.32 Å². The Kier molecular flexibility index (Phi) is 12.5. The molecule has 0 unspecified atom stereocenters. The minimum Gasteiger partial charge on any atom is -0.374 e. The van der Waals surface area contributed by atoms with Gasteiger partial charge in [0.15, 0.2) is 6.29 Å². The van der Waals surface area contributed by atoms with E-state index in [1.807, 2.05) is 13.8 Å². The Morgan fingerprint density at radius 3 is 2.05 bits per heavy atom. The van der Waals surface area contributed by atoms with Crippen LogP contribution in [0.4, 0.5) is 0 Å². The average Bonchev–Trinajstić information content (AvgIpc) is 2.47. The third-order valence-electron chi connectivity index (χ3n) is 3.64. The van der Waals surface area contributed by atoms with Gasteiger partial charge in [-0.2, -0.15) is 0 Å². The van der Waals surface area contributed by atoms with Gasteiger partial charge in [-0.25, -0.2) is 0 Å². The minimum absolute atomic E-state index is 0.131. The van der Waals surface area contributed by atoms with Gasteiger partial charge in [-0.1, -0.05) is 33.6 Å². The lowest BCUT2D eigenvalue weighted by Gasteiger charge is -2.27. The molecule has 0 aromatic carbocycles. The molecule has 0 aromatic heterocycles. The molecule has 5 heteroatoms. The molecule has 0 heterocycles. The first-order chi connectivity index (χ1) is 10.5. The Balaban J connectivity index is 4.00. The highest BCUT2D eigenvalue weighted by Crippen LogP contribution is 2.29. The zero-order valence-electron chi connectivity index (χ0n) is 15.1. The van der Waals surface area contributed by atoms with Gasteiger partial charge >= 0.3 is 0 Å². The van der Waals surface area contributed by atoms with Crippen LogP contribution in [0.2, 0.25) is 0 Å². The first kappa shape index (κ1) is 21.4. The number of nitrogens with one attached hydrogen (secondary N) is 1. The largest absolute Gasteiger partial charge is 0.374 e. The maximum absolute atomic E-state index is 12.3. The number of ether oxygens (including phenoxy) is 3. The maximum Gasteiger partial charge on any atom is 0.226 e. The molecule has 0 fully saturated rings. The van der Waals surface area contributed by atoms with Gasteiger partial charge in [0.05, 0.1) is 13.2 Å². The molecule has 0 aliphatic carbocycles. The first-order valence-corrected chi connectivity index (χ1v) is 8.63. The van der Waals surface area contributed by atoms with Crippen LogP contribution in [-0.2, 0) is 19.0 Å². The molecule has 0 aliphatic heterocycles. The Hall–Kier alpha value is -0.650. The predicted molar refractivity (Wildman–Crippen MR) is 88.8 cm³/mol. The van der Waals surface area contributed by atoms with Crippen LogP contribution in [0.15, 0.2) is 0 Å². The molecule has 0 bridgehead atoms. The number of amides is 1. The number of hydrogen-bond donors (Lipinski definition) is 1. The molecule has 5 nitrogen and oxygen atoms in total. The summed E-state index contributed by atoms with van der Waals surface area (Å²) >= 11 is 0. The van der Waals surface area contributed by atoms with Crippen molar-refractivity contribution in [2.24, 2.45) is 5.41 Å². The van der Waals surface area contributed by atoms with E-state index in [9.17, 15) is 4.79 Å². The molecule has 0 atom stereocenters. The van der Waals surface area contributed by atoms with Gasteiger partial charge in [0.25, 0.3) is 0 Å². The quantitative estimate of drug-likeness (QED) is 0.395. The zero-order valence-corrected chi connectivity index (χ0v) is 15.1. The third-order valence-corrected chi connectivity index (χ3v) is 3.64. The Morgan fingerprint density at radius 2 is 1.59 bits per heavy atom. The molecule has 0 saturated carbocycles. The topological polar surface area (TPSA) is 56.8 Å². The highest BCUT2D eigenvalue weighted by atomic mass is 16.7. The molecule has 0 aliphatic rings. The molecule has 22 heavy (non-hydrogen) atoms. The molecular weight excluding hydrogens is 282 g/mol. The van der Waals surface area contributed by atoms with Gasteiger partial charge in [-0.05, 0) is 26.7 Å². The van der Waals surface area contributed by atoms with Crippen molar-refractivity contribution >= 4 is 5.91 Å². The smallest absolute Gasteiger partial charge is 0.226 e. The monoisotopic (exact) mass is 317 g/mol. The standard InChI is InChI=1S/C17H35NO4/c1-6-10-17(5,11-7-2)16(19)18-12-13-20-14-15(21-8-3)22-9-4/h15H,6-14H2,1-5H3,(H,18,19). The van der Waals surface area contributed by atoms with Crippen LogP contribution in [0.1, 0.15) is 60.3 Å². The summed E-state index contributed by atoms with van der Waals surface area (Å²) in [5.41, 5.74) is -0.261. The summed E-state index contributed by atoms with van der Waals surface area (Å²) in [5.74, 6) is 0.131. The Bertz CT molecular complexity index is 272. The summed E-state index contributed by atoms with van der Waals surface area (Å²) in [7, 11) is 0. The number of rotatable bonds is 14. The van der Waals surface area contributed by atoms with Crippen LogP contribution >= 0.6 is 0 Å². The molecule has 0 spiro atoms.